The van der Waals surface area contributed by atoms with Crippen LogP contribution in [0.5, 0.6) is 5.75 Å². The number of hydrogen-bond donors (Lipinski definition) is 0. The van der Waals surface area contributed by atoms with E-state index < -0.39 is 6.61 Å². The number of ether oxygens (including phenoxy) is 1. The summed E-state index contributed by atoms with van der Waals surface area (Å²) in [4.78, 5) is 0. The molecule has 4 rings (SSSR count). The van der Waals surface area contributed by atoms with Gasteiger partial charge in [0.15, 0.2) is 5.16 Å². The Kier molecular flexibility index (Phi) is 5.11. The van der Waals surface area contributed by atoms with Crippen molar-refractivity contribution in [3.63, 3.8) is 0 Å². The smallest absolute Gasteiger partial charge is 0.387 e. The predicted molar refractivity (Wildman–Crippen MR) is 101 cm³/mol. The van der Waals surface area contributed by atoms with Crippen molar-refractivity contribution in [1.82, 2.24) is 14.8 Å². The molecule has 1 heterocycles. The lowest BCUT2D eigenvalue weighted by Gasteiger charge is -2.14. The summed E-state index contributed by atoms with van der Waals surface area (Å²) in [5, 5.41) is 9.79. The fourth-order valence-electron chi connectivity index (χ4n) is 2.93. The van der Waals surface area contributed by atoms with Gasteiger partial charge < -0.3 is 4.74 Å². The van der Waals surface area contributed by atoms with Gasteiger partial charge in [-0.05, 0) is 49.6 Å². The second-order valence-corrected chi connectivity index (χ2v) is 7.80. The summed E-state index contributed by atoms with van der Waals surface area (Å²) < 4.78 is 31.1. The second-order valence-electron chi connectivity index (χ2n) is 6.49. The van der Waals surface area contributed by atoms with Crippen LogP contribution < -0.4 is 4.74 Å². The number of aromatic nitrogens is 3. The summed E-state index contributed by atoms with van der Waals surface area (Å²) >= 11 is 1.60. The van der Waals surface area contributed by atoms with Crippen molar-refractivity contribution in [2.24, 2.45) is 0 Å². The van der Waals surface area contributed by atoms with E-state index in [1.165, 1.54) is 0 Å². The van der Waals surface area contributed by atoms with Crippen molar-refractivity contribution in [2.45, 2.75) is 42.7 Å². The minimum atomic E-state index is -2.81. The highest BCUT2D eigenvalue weighted by atomic mass is 32.2. The van der Waals surface area contributed by atoms with E-state index in [9.17, 15) is 8.78 Å². The maximum absolute atomic E-state index is 12.3. The topological polar surface area (TPSA) is 39.9 Å². The zero-order valence-electron chi connectivity index (χ0n) is 14.8. The van der Waals surface area contributed by atoms with Crippen molar-refractivity contribution in [1.29, 1.82) is 0 Å². The first kappa shape index (κ1) is 18.0. The molecule has 0 saturated heterocycles. The highest BCUT2D eigenvalue weighted by Gasteiger charge is 2.31. The number of halogens is 2. The molecule has 0 aliphatic heterocycles. The molecule has 1 aromatic heterocycles. The van der Waals surface area contributed by atoms with Gasteiger partial charge in [-0.1, -0.05) is 42.1 Å². The van der Waals surface area contributed by atoms with Gasteiger partial charge in [-0.2, -0.15) is 8.78 Å². The van der Waals surface area contributed by atoms with E-state index in [4.69, 9.17) is 0 Å². The van der Waals surface area contributed by atoms with Gasteiger partial charge in [0.2, 0.25) is 0 Å². The van der Waals surface area contributed by atoms with E-state index in [0.29, 0.717) is 5.92 Å². The molecule has 7 heteroatoms. The zero-order chi connectivity index (χ0) is 18.8. The molecule has 1 aliphatic rings. The van der Waals surface area contributed by atoms with E-state index in [1.54, 1.807) is 36.0 Å². The molecule has 1 atom stereocenters. The third-order valence-corrected chi connectivity index (χ3v) is 5.57. The lowest BCUT2D eigenvalue weighted by molar-refractivity contribution is -0.0498. The van der Waals surface area contributed by atoms with Crippen molar-refractivity contribution >= 4 is 11.8 Å². The highest BCUT2D eigenvalue weighted by Crippen LogP contribution is 2.43. The molecule has 0 spiro atoms. The molecule has 27 heavy (non-hydrogen) atoms. The third-order valence-electron chi connectivity index (χ3n) is 4.47. The van der Waals surface area contributed by atoms with Crippen LogP contribution in [-0.4, -0.2) is 21.4 Å². The van der Waals surface area contributed by atoms with E-state index >= 15 is 0 Å². The van der Waals surface area contributed by atoms with Gasteiger partial charge in [0.25, 0.3) is 0 Å². The van der Waals surface area contributed by atoms with Crippen LogP contribution >= 0.6 is 11.8 Å². The molecular formula is C20H19F2N3OS. The van der Waals surface area contributed by atoms with Crippen LogP contribution in [0.15, 0.2) is 59.8 Å². The molecular weight excluding hydrogens is 368 g/mol. The molecule has 1 saturated carbocycles. The molecule has 1 fully saturated rings. The van der Waals surface area contributed by atoms with Gasteiger partial charge in [0.1, 0.15) is 11.6 Å². The minimum absolute atomic E-state index is 0.0873. The summed E-state index contributed by atoms with van der Waals surface area (Å²) in [7, 11) is 0. The Morgan fingerprint density at radius 3 is 2.37 bits per heavy atom. The maximum Gasteiger partial charge on any atom is 0.387 e. The molecule has 0 radical (unpaired) electrons. The van der Waals surface area contributed by atoms with Crippen LogP contribution in [0.2, 0.25) is 0 Å². The minimum Gasteiger partial charge on any atom is -0.435 e. The van der Waals surface area contributed by atoms with Crippen LogP contribution in [0.25, 0.3) is 5.69 Å². The lowest BCUT2D eigenvalue weighted by atomic mass is 10.2. The predicted octanol–water partition coefficient (Wildman–Crippen LogP) is 5.60. The Labute approximate surface area is 160 Å². The summed E-state index contributed by atoms with van der Waals surface area (Å²) in [5.41, 5.74) is 2.07. The Morgan fingerprint density at radius 1 is 1.04 bits per heavy atom. The first-order chi connectivity index (χ1) is 13.1. The van der Waals surface area contributed by atoms with Gasteiger partial charge in [-0.25, -0.2) is 0 Å². The van der Waals surface area contributed by atoms with Gasteiger partial charge in [0, 0.05) is 16.9 Å². The average Bonchev–Trinajstić information content (AvgIpc) is 3.43. The Morgan fingerprint density at radius 2 is 1.74 bits per heavy atom. The highest BCUT2D eigenvalue weighted by molar-refractivity contribution is 7.99. The first-order valence-corrected chi connectivity index (χ1v) is 9.72. The van der Waals surface area contributed by atoms with Crippen molar-refractivity contribution in [3.8, 4) is 11.4 Å². The second kappa shape index (κ2) is 7.68. The van der Waals surface area contributed by atoms with Crippen molar-refractivity contribution in [3.05, 3.63) is 66.0 Å². The maximum atomic E-state index is 12.3. The SMILES string of the molecule is CC(Sc1nnc(C2CC2)n1-c1ccccc1)c1ccc(OC(F)F)cc1. The largest absolute Gasteiger partial charge is 0.435 e. The number of benzene rings is 2. The number of para-hydroxylation sites is 1. The number of nitrogens with zero attached hydrogens (tertiary/aromatic N) is 3. The molecule has 140 valence electrons. The van der Waals surface area contributed by atoms with Crippen molar-refractivity contribution < 1.29 is 13.5 Å². The molecule has 0 bridgehead atoms. The first-order valence-electron chi connectivity index (χ1n) is 8.84. The number of rotatable bonds is 7. The molecule has 1 aliphatic carbocycles. The van der Waals surface area contributed by atoms with E-state index in [2.05, 4.69) is 38.6 Å². The normalized spacial score (nSPS) is 15.1. The van der Waals surface area contributed by atoms with E-state index in [1.807, 2.05) is 18.2 Å². The fourth-order valence-corrected chi connectivity index (χ4v) is 3.93. The molecule has 0 N–H and O–H groups in total. The Bertz CT molecular complexity index is 895. The van der Waals surface area contributed by atoms with E-state index in [-0.39, 0.29) is 11.0 Å². The van der Waals surface area contributed by atoms with Gasteiger partial charge in [-0.3, -0.25) is 4.57 Å². The molecule has 3 aromatic rings. The number of thioether (sulfide) groups is 1. The van der Waals surface area contributed by atoms with Crippen LogP contribution in [-0.2, 0) is 0 Å². The Balaban J connectivity index is 1.57. The number of alkyl halides is 2. The number of hydrogen-bond acceptors (Lipinski definition) is 4. The van der Waals surface area contributed by atoms with E-state index in [0.717, 1.165) is 35.1 Å². The fraction of sp³-hybridized carbons (Fsp3) is 0.300. The molecule has 4 nitrogen and oxygen atoms in total. The summed E-state index contributed by atoms with van der Waals surface area (Å²) in [5.74, 6) is 1.65. The standard InChI is InChI=1S/C20H19F2N3OS/c1-13(14-9-11-17(12-10-14)26-19(21)22)27-20-24-23-18(15-7-8-15)25(20)16-5-3-2-4-6-16/h2-6,9-13,15,19H,7-8H2,1H3. The molecule has 2 aromatic carbocycles. The zero-order valence-corrected chi connectivity index (χ0v) is 15.6. The lowest BCUT2D eigenvalue weighted by Crippen LogP contribution is -2.03. The quantitative estimate of drug-likeness (QED) is 0.495. The van der Waals surface area contributed by atoms with Gasteiger partial charge >= 0.3 is 6.61 Å². The average molecular weight is 387 g/mol. The van der Waals surface area contributed by atoms with Crippen LogP contribution in [0.1, 0.15) is 42.3 Å². The Hall–Kier alpha value is -2.41. The van der Waals surface area contributed by atoms with Gasteiger partial charge in [-0.15, -0.1) is 10.2 Å². The van der Waals surface area contributed by atoms with Gasteiger partial charge in [0.05, 0.1) is 0 Å². The van der Waals surface area contributed by atoms with Crippen LogP contribution in [0.3, 0.4) is 0 Å². The summed E-state index contributed by atoms with van der Waals surface area (Å²) in [6, 6.07) is 16.9. The molecule has 1 unspecified atom stereocenters. The third kappa shape index (κ3) is 4.13. The van der Waals surface area contributed by atoms with Crippen LogP contribution in [0.4, 0.5) is 8.78 Å². The van der Waals surface area contributed by atoms with Crippen molar-refractivity contribution in [2.75, 3.05) is 0 Å². The molecule has 0 amide bonds. The summed E-state index contributed by atoms with van der Waals surface area (Å²) in [6.07, 6.45) is 2.30. The van der Waals surface area contributed by atoms with Crippen LogP contribution in [0, 0.1) is 0 Å². The summed E-state index contributed by atoms with van der Waals surface area (Å²) in [6.45, 7) is -0.748. The monoisotopic (exact) mass is 387 g/mol.